The van der Waals surface area contributed by atoms with Gasteiger partial charge in [0.2, 0.25) is 11.6 Å². The third-order valence-electron chi connectivity index (χ3n) is 7.39. The number of benzene rings is 1. The molecular formula is C26H40F2O2. The van der Waals surface area contributed by atoms with Gasteiger partial charge in [0.25, 0.3) is 0 Å². The van der Waals surface area contributed by atoms with Crippen molar-refractivity contribution in [2.75, 3.05) is 13.2 Å². The van der Waals surface area contributed by atoms with Gasteiger partial charge in [0.1, 0.15) is 0 Å². The van der Waals surface area contributed by atoms with Crippen molar-refractivity contribution in [3.05, 3.63) is 23.8 Å². The molecule has 2 fully saturated rings. The zero-order valence-electron chi connectivity index (χ0n) is 18.9. The van der Waals surface area contributed by atoms with Gasteiger partial charge in [0.15, 0.2) is 11.5 Å². The molecule has 0 unspecified atom stereocenters. The number of ether oxygens (including phenoxy) is 2. The summed E-state index contributed by atoms with van der Waals surface area (Å²) in [5, 5.41) is 0. The Bertz CT molecular complexity index is 632. The molecule has 0 spiro atoms. The molecule has 1 aromatic carbocycles. The Labute approximate surface area is 181 Å². The van der Waals surface area contributed by atoms with E-state index in [1.807, 2.05) is 6.92 Å². The number of hydrogen-bond acceptors (Lipinski definition) is 2. The molecule has 4 heteroatoms. The van der Waals surface area contributed by atoms with Crippen LogP contribution in [0.1, 0.15) is 90.9 Å². The van der Waals surface area contributed by atoms with E-state index in [1.165, 1.54) is 63.5 Å². The lowest BCUT2D eigenvalue weighted by atomic mass is 9.69. The Morgan fingerprint density at radius 3 is 1.80 bits per heavy atom. The average molecular weight is 423 g/mol. The second-order valence-electron chi connectivity index (χ2n) is 9.55. The van der Waals surface area contributed by atoms with Gasteiger partial charge in [0, 0.05) is 0 Å². The van der Waals surface area contributed by atoms with Gasteiger partial charge in [0.05, 0.1) is 13.2 Å². The van der Waals surface area contributed by atoms with Gasteiger partial charge in [-0.05, 0) is 80.8 Å². The highest BCUT2D eigenvalue weighted by molar-refractivity contribution is 5.35. The van der Waals surface area contributed by atoms with Crippen molar-refractivity contribution in [1.29, 1.82) is 0 Å². The summed E-state index contributed by atoms with van der Waals surface area (Å²) in [6.45, 7) is 5.20. The fraction of sp³-hybridized carbons (Fsp3) is 0.769. The van der Waals surface area contributed by atoms with Crippen LogP contribution in [0.3, 0.4) is 0 Å². The summed E-state index contributed by atoms with van der Waals surface area (Å²) in [7, 11) is 0. The summed E-state index contributed by atoms with van der Waals surface area (Å²) in [6.07, 6.45) is 15.0. The smallest absolute Gasteiger partial charge is 0.204 e. The highest BCUT2D eigenvalue weighted by atomic mass is 19.2. The van der Waals surface area contributed by atoms with Gasteiger partial charge in [-0.1, -0.05) is 46.0 Å². The van der Waals surface area contributed by atoms with Crippen LogP contribution in [0.25, 0.3) is 0 Å². The lowest BCUT2D eigenvalue weighted by Crippen LogP contribution is -2.27. The maximum Gasteiger partial charge on any atom is 0.204 e. The Morgan fingerprint density at radius 1 is 0.733 bits per heavy atom. The molecule has 0 amide bonds. The van der Waals surface area contributed by atoms with Crippen LogP contribution in [0, 0.1) is 35.3 Å². The van der Waals surface area contributed by atoms with Gasteiger partial charge in [-0.2, -0.15) is 8.78 Å². The molecule has 0 aromatic heterocycles. The molecular weight excluding hydrogens is 382 g/mol. The summed E-state index contributed by atoms with van der Waals surface area (Å²) >= 11 is 0. The minimum atomic E-state index is -0.939. The van der Waals surface area contributed by atoms with E-state index in [0.717, 1.165) is 43.4 Å². The molecule has 0 N–H and O–H groups in total. The van der Waals surface area contributed by atoms with Crippen LogP contribution in [-0.2, 0) is 0 Å². The molecule has 0 bridgehead atoms. The molecule has 30 heavy (non-hydrogen) atoms. The molecule has 170 valence electrons. The second kappa shape index (κ2) is 11.9. The molecule has 2 aliphatic rings. The summed E-state index contributed by atoms with van der Waals surface area (Å²) in [5.41, 5.74) is 0. The lowest BCUT2D eigenvalue weighted by molar-refractivity contribution is 0.120. The van der Waals surface area contributed by atoms with E-state index in [4.69, 9.17) is 9.47 Å². The highest BCUT2D eigenvalue weighted by Gasteiger charge is 2.31. The quantitative estimate of drug-likeness (QED) is 0.356. The van der Waals surface area contributed by atoms with E-state index in [9.17, 15) is 8.78 Å². The Balaban J connectivity index is 1.41. The Kier molecular flexibility index (Phi) is 9.27. The van der Waals surface area contributed by atoms with E-state index < -0.39 is 11.6 Å². The predicted octanol–water partition coefficient (Wildman–Crippen LogP) is 7.94. The van der Waals surface area contributed by atoms with Crippen LogP contribution >= 0.6 is 0 Å². The van der Waals surface area contributed by atoms with E-state index in [1.54, 1.807) is 0 Å². The first-order valence-electron chi connectivity index (χ1n) is 12.4. The topological polar surface area (TPSA) is 18.5 Å². The molecule has 2 saturated carbocycles. The van der Waals surface area contributed by atoms with Crippen molar-refractivity contribution in [1.82, 2.24) is 0 Å². The number of halogens is 2. The van der Waals surface area contributed by atoms with E-state index in [0.29, 0.717) is 19.1 Å². The Hall–Kier alpha value is -1.32. The van der Waals surface area contributed by atoms with Gasteiger partial charge in [-0.25, -0.2) is 0 Å². The zero-order chi connectivity index (χ0) is 21.3. The zero-order valence-corrected chi connectivity index (χ0v) is 18.9. The summed E-state index contributed by atoms with van der Waals surface area (Å²) < 4.78 is 39.6. The van der Waals surface area contributed by atoms with Crippen LogP contribution in [0.5, 0.6) is 11.5 Å². The van der Waals surface area contributed by atoms with E-state index >= 15 is 0 Å². The lowest BCUT2D eigenvalue weighted by Gasteiger charge is -2.37. The number of rotatable bonds is 10. The van der Waals surface area contributed by atoms with E-state index in [-0.39, 0.29) is 11.5 Å². The number of hydrogen-bond donors (Lipinski definition) is 0. The average Bonchev–Trinajstić information content (AvgIpc) is 2.77. The predicted molar refractivity (Wildman–Crippen MR) is 118 cm³/mol. The molecule has 2 nitrogen and oxygen atoms in total. The first-order chi connectivity index (χ1) is 14.6. The fourth-order valence-electron chi connectivity index (χ4n) is 5.45. The van der Waals surface area contributed by atoms with Crippen molar-refractivity contribution >= 4 is 0 Å². The maximum absolute atomic E-state index is 14.3. The van der Waals surface area contributed by atoms with Gasteiger partial charge in [-0.15, -0.1) is 0 Å². The molecule has 0 aliphatic heterocycles. The molecule has 1 aromatic rings. The monoisotopic (exact) mass is 422 g/mol. The Morgan fingerprint density at radius 2 is 1.27 bits per heavy atom. The summed E-state index contributed by atoms with van der Waals surface area (Å²) in [6, 6.07) is 2.98. The SMILES string of the molecule is CCCCOc1ccc(OC[C@H]2CC[C@H]([C@H]3CC[C@H](CCC)CC3)CC2)c(F)c1F. The standard InChI is InChI=1S/C26H40F2O2/c1-3-5-17-29-23-15-16-24(26(28)25(23)27)30-18-20-9-13-22(14-10-20)21-11-7-19(6-4-2)8-12-21/h15-16,19-22H,3-14,17-18H2,1-2H3/t19-,20-,21-,22-. The third kappa shape index (κ3) is 6.34. The maximum atomic E-state index is 14.3. The molecule has 0 heterocycles. The minimum Gasteiger partial charge on any atom is -0.490 e. The minimum absolute atomic E-state index is 0.00621. The van der Waals surface area contributed by atoms with Gasteiger partial charge < -0.3 is 9.47 Å². The largest absolute Gasteiger partial charge is 0.490 e. The van der Waals surface area contributed by atoms with Gasteiger partial charge >= 0.3 is 0 Å². The first-order valence-corrected chi connectivity index (χ1v) is 12.4. The normalized spacial score (nSPS) is 27.1. The fourth-order valence-corrected chi connectivity index (χ4v) is 5.45. The third-order valence-corrected chi connectivity index (χ3v) is 7.39. The molecule has 2 aliphatic carbocycles. The molecule has 0 saturated heterocycles. The van der Waals surface area contributed by atoms with Gasteiger partial charge in [-0.3, -0.25) is 0 Å². The number of unbranched alkanes of at least 4 members (excludes halogenated alkanes) is 1. The van der Waals surface area contributed by atoms with E-state index in [2.05, 4.69) is 6.92 Å². The van der Waals surface area contributed by atoms with Crippen LogP contribution in [0.15, 0.2) is 12.1 Å². The van der Waals surface area contributed by atoms with Crippen molar-refractivity contribution in [3.8, 4) is 11.5 Å². The molecule has 0 radical (unpaired) electrons. The summed E-state index contributed by atoms with van der Waals surface area (Å²) in [5.74, 6) is 1.29. The van der Waals surface area contributed by atoms with Crippen LogP contribution in [-0.4, -0.2) is 13.2 Å². The van der Waals surface area contributed by atoms with Crippen LogP contribution < -0.4 is 9.47 Å². The molecule has 3 rings (SSSR count). The highest BCUT2D eigenvalue weighted by Crippen LogP contribution is 2.42. The van der Waals surface area contributed by atoms with Crippen molar-refractivity contribution in [2.24, 2.45) is 23.7 Å². The first kappa shape index (κ1) is 23.3. The van der Waals surface area contributed by atoms with Crippen molar-refractivity contribution < 1.29 is 18.3 Å². The van der Waals surface area contributed by atoms with Crippen molar-refractivity contribution in [3.63, 3.8) is 0 Å². The van der Waals surface area contributed by atoms with Crippen LogP contribution in [0.2, 0.25) is 0 Å². The van der Waals surface area contributed by atoms with Crippen molar-refractivity contribution in [2.45, 2.75) is 90.9 Å². The molecule has 0 atom stereocenters. The summed E-state index contributed by atoms with van der Waals surface area (Å²) in [4.78, 5) is 0. The second-order valence-corrected chi connectivity index (χ2v) is 9.55. The van der Waals surface area contributed by atoms with Crippen LogP contribution in [0.4, 0.5) is 8.78 Å².